The van der Waals surface area contributed by atoms with E-state index in [0.717, 1.165) is 36.4 Å². The monoisotopic (exact) mass is 374 g/mol. The van der Waals surface area contributed by atoms with Crippen LogP contribution in [0.2, 0.25) is 0 Å². The van der Waals surface area contributed by atoms with Crippen molar-refractivity contribution in [2.75, 3.05) is 11.9 Å². The maximum Gasteiger partial charge on any atom is 0.253 e. The van der Waals surface area contributed by atoms with Crippen LogP contribution in [-0.2, 0) is 16.1 Å². The fourth-order valence-corrected chi connectivity index (χ4v) is 3.13. The Morgan fingerprint density at radius 3 is 2.85 bits per heavy atom. The Morgan fingerprint density at radius 2 is 2.15 bits per heavy atom. The fourth-order valence-electron chi connectivity index (χ4n) is 3.13. The average Bonchev–Trinajstić information content (AvgIpc) is 3.15. The van der Waals surface area contributed by atoms with Crippen LogP contribution in [0.25, 0.3) is 0 Å². The van der Waals surface area contributed by atoms with E-state index in [0.29, 0.717) is 25.2 Å². The highest BCUT2D eigenvalue weighted by molar-refractivity contribution is 5.94. The smallest absolute Gasteiger partial charge is 0.253 e. The summed E-state index contributed by atoms with van der Waals surface area (Å²) in [6.45, 7) is 7.75. The van der Waals surface area contributed by atoms with Gasteiger partial charge in [0.15, 0.2) is 5.96 Å². The molecule has 0 aromatic heterocycles. The highest BCUT2D eigenvalue weighted by Crippen LogP contribution is 2.16. The van der Waals surface area contributed by atoms with Gasteiger partial charge in [0.25, 0.3) is 5.91 Å². The molecule has 27 heavy (non-hydrogen) atoms. The number of anilines is 1. The molecule has 1 fully saturated rings. The van der Waals surface area contributed by atoms with E-state index in [4.69, 9.17) is 10.5 Å². The molecule has 1 aromatic rings. The van der Waals surface area contributed by atoms with Crippen molar-refractivity contribution in [1.29, 1.82) is 0 Å². The molecule has 1 aliphatic rings. The van der Waals surface area contributed by atoms with Gasteiger partial charge in [-0.2, -0.15) is 0 Å². The normalized spacial score (nSPS) is 18.5. The Hall–Kier alpha value is -2.08. The molecule has 0 aliphatic carbocycles. The molecule has 1 amide bonds. The first-order valence-electron chi connectivity index (χ1n) is 10.0. The number of carbonyl (C=O) groups excluding carboxylic acids is 1. The standard InChI is InChI=1S/C21H34N4O2/c1-15(2)7-4-8-16(3)24-21(22)23-14-17-9-5-10-18(13-17)25-20(26)19-11-6-12-27-19/h5,9-10,13,15-16,19H,4,6-8,11-12,14H2,1-3H3,(H,25,26)(H3,22,23,24). The van der Waals surface area contributed by atoms with E-state index < -0.39 is 0 Å². The quantitative estimate of drug-likeness (QED) is 0.456. The number of ether oxygens (including phenoxy) is 1. The summed E-state index contributed by atoms with van der Waals surface area (Å²) < 4.78 is 5.42. The van der Waals surface area contributed by atoms with Gasteiger partial charge < -0.3 is 21.1 Å². The number of carbonyl (C=O) groups is 1. The summed E-state index contributed by atoms with van der Waals surface area (Å²) in [5.41, 5.74) is 7.77. The van der Waals surface area contributed by atoms with E-state index in [1.165, 1.54) is 12.8 Å². The van der Waals surface area contributed by atoms with Crippen LogP contribution in [0.4, 0.5) is 5.69 Å². The maximum absolute atomic E-state index is 12.1. The first-order valence-corrected chi connectivity index (χ1v) is 10.0. The molecule has 1 aliphatic heterocycles. The number of hydrogen-bond donors (Lipinski definition) is 3. The predicted octanol–water partition coefficient (Wildman–Crippen LogP) is 3.42. The summed E-state index contributed by atoms with van der Waals surface area (Å²) in [5, 5.41) is 6.17. The summed E-state index contributed by atoms with van der Waals surface area (Å²) in [4.78, 5) is 16.6. The van der Waals surface area contributed by atoms with E-state index in [-0.39, 0.29) is 12.0 Å². The third kappa shape index (κ3) is 7.99. The number of benzene rings is 1. The van der Waals surface area contributed by atoms with Gasteiger partial charge in [0.1, 0.15) is 6.10 Å². The molecule has 0 spiro atoms. The largest absolute Gasteiger partial charge is 0.370 e. The molecule has 0 bridgehead atoms. The van der Waals surface area contributed by atoms with E-state index in [2.05, 4.69) is 36.4 Å². The topological polar surface area (TPSA) is 88.7 Å². The lowest BCUT2D eigenvalue weighted by atomic mass is 10.0. The summed E-state index contributed by atoms with van der Waals surface area (Å²) in [6.07, 6.45) is 4.89. The number of nitrogens with one attached hydrogen (secondary N) is 2. The van der Waals surface area contributed by atoms with E-state index in [1.54, 1.807) is 0 Å². The fraction of sp³-hybridized carbons (Fsp3) is 0.619. The van der Waals surface area contributed by atoms with Gasteiger partial charge in [-0.3, -0.25) is 4.79 Å². The number of hydrogen-bond acceptors (Lipinski definition) is 3. The number of aliphatic imine (C=N–C) groups is 1. The lowest BCUT2D eigenvalue weighted by molar-refractivity contribution is -0.124. The van der Waals surface area contributed by atoms with Crippen LogP contribution < -0.4 is 16.4 Å². The van der Waals surface area contributed by atoms with Crippen molar-refractivity contribution in [2.45, 2.75) is 71.6 Å². The Kier molecular flexibility index (Phi) is 8.58. The van der Waals surface area contributed by atoms with Crippen molar-refractivity contribution in [2.24, 2.45) is 16.6 Å². The molecule has 0 radical (unpaired) electrons. The highest BCUT2D eigenvalue weighted by Gasteiger charge is 2.23. The molecule has 1 heterocycles. The van der Waals surface area contributed by atoms with Gasteiger partial charge in [-0.25, -0.2) is 4.99 Å². The third-order valence-electron chi connectivity index (χ3n) is 4.66. The van der Waals surface area contributed by atoms with Gasteiger partial charge in [0.05, 0.1) is 6.54 Å². The van der Waals surface area contributed by atoms with Crippen LogP contribution in [0.3, 0.4) is 0 Å². The Bertz CT molecular complexity index is 624. The Labute approximate surface area is 163 Å². The highest BCUT2D eigenvalue weighted by atomic mass is 16.5. The molecular weight excluding hydrogens is 340 g/mol. The van der Waals surface area contributed by atoms with Gasteiger partial charge in [0.2, 0.25) is 0 Å². The third-order valence-corrected chi connectivity index (χ3v) is 4.66. The van der Waals surface area contributed by atoms with E-state index in [9.17, 15) is 4.79 Å². The van der Waals surface area contributed by atoms with Crippen LogP contribution in [-0.4, -0.2) is 30.6 Å². The molecule has 2 rings (SSSR count). The molecule has 1 aromatic carbocycles. The van der Waals surface area contributed by atoms with E-state index >= 15 is 0 Å². The van der Waals surface area contributed by atoms with Gasteiger partial charge in [-0.05, 0) is 49.8 Å². The molecular formula is C21H34N4O2. The van der Waals surface area contributed by atoms with Crippen LogP contribution >= 0.6 is 0 Å². The predicted molar refractivity (Wildman–Crippen MR) is 111 cm³/mol. The summed E-state index contributed by atoms with van der Waals surface area (Å²) in [6, 6.07) is 8.00. The minimum absolute atomic E-state index is 0.0791. The van der Waals surface area contributed by atoms with Crippen molar-refractivity contribution < 1.29 is 9.53 Å². The molecule has 4 N–H and O–H groups in total. The number of guanidine groups is 1. The minimum atomic E-state index is -0.330. The second kappa shape index (κ2) is 10.9. The molecule has 2 unspecified atom stereocenters. The summed E-state index contributed by atoms with van der Waals surface area (Å²) >= 11 is 0. The maximum atomic E-state index is 12.1. The average molecular weight is 375 g/mol. The number of nitrogens with zero attached hydrogens (tertiary/aromatic N) is 1. The molecule has 150 valence electrons. The van der Waals surface area contributed by atoms with E-state index in [1.807, 2.05) is 24.3 Å². The first kappa shape index (κ1) is 21.2. The minimum Gasteiger partial charge on any atom is -0.370 e. The second-order valence-corrected chi connectivity index (χ2v) is 7.76. The van der Waals surface area contributed by atoms with Crippen LogP contribution in [0.5, 0.6) is 0 Å². The van der Waals surface area contributed by atoms with Crippen LogP contribution in [0.15, 0.2) is 29.3 Å². The van der Waals surface area contributed by atoms with Gasteiger partial charge in [0, 0.05) is 18.3 Å². The van der Waals surface area contributed by atoms with Crippen LogP contribution in [0.1, 0.15) is 58.4 Å². The molecule has 0 saturated carbocycles. The Balaban J connectivity index is 1.80. The Morgan fingerprint density at radius 1 is 1.33 bits per heavy atom. The second-order valence-electron chi connectivity index (χ2n) is 7.76. The van der Waals surface area contributed by atoms with Crippen molar-refractivity contribution in [3.05, 3.63) is 29.8 Å². The zero-order chi connectivity index (χ0) is 19.6. The number of amides is 1. The van der Waals surface area contributed by atoms with Gasteiger partial charge in [-0.1, -0.05) is 38.8 Å². The van der Waals surface area contributed by atoms with Crippen LogP contribution in [0, 0.1) is 5.92 Å². The SMILES string of the molecule is CC(C)CCCC(C)NC(N)=NCc1cccc(NC(=O)C2CCCO2)c1. The molecule has 2 atom stereocenters. The van der Waals surface area contributed by atoms with Crippen molar-refractivity contribution in [3.8, 4) is 0 Å². The zero-order valence-electron chi connectivity index (χ0n) is 16.8. The number of rotatable bonds is 9. The molecule has 1 saturated heterocycles. The van der Waals surface area contributed by atoms with Crippen molar-refractivity contribution in [3.63, 3.8) is 0 Å². The lowest BCUT2D eigenvalue weighted by Gasteiger charge is -2.15. The zero-order valence-corrected chi connectivity index (χ0v) is 16.8. The number of nitrogens with two attached hydrogens (primary N) is 1. The first-order chi connectivity index (χ1) is 12.9. The van der Waals surface area contributed by atoms with Crippen molar-refractivity contribution in [1.82, 2.24) is 5.32 Å². The van der Waals surface area contributed by atoms with Crippen molar-refractivity contribution >= 4 is 17.6 Å². The molecule has 6 heteroatoms. The summed E-state index contributed by atoms with van der Waals surface area (Å²) in [7, 11) is 0. The lowest BCUT2D eigenvalue weighted by Crippen LogP contribution is -2.38. The summed E-state index contributed by atoms with van der Waals surface area (Å²) in [5.74, 6) is 1.11. The van der Waals surface area contributed by atoms with Gasteiger partial charge in [-0.15, -0.1) is 0 Å². The van der Waals surface area contributed by atoms with Gasteiger partial charge >= 0.3 is 0 Å². The molecule has 6 nitrogen and oxygen atoms in total.